The predicted octanol–water partition coefficient (Wildman–Crippen LogP) is 12.0. The molecule has 1 rings (SSSR count). The summed E-state index contributed by atoms with van der Waals surface area (Å²) in [5.41, 5.74) is 1.93. The van der Waals surface area contributed by atoms with Gasteiger partial charge in [-0.25, -0.2) is 0 Å². The van der Waals surface area contributed by atoms with E-state index in [2.05, 4.69) is 71.7 Å². The molecular formula is C34H68SSn2. The summed E-state index contributed by atoms with van der Waals surface area (Å²) in [6.07, 6.45) is 24.5. The first-order valence-electron chi connectivity index (χ1n) is 17.2. The zero-order valence-electron chi connectivity index (χ0n) is 26.7. The van der Waals surface area contributed by atoms with Crippen LogP contribution in [0.5, 0.6) is 0 Å². The van der Waals surface area contributed by atoms with E-state index in [1.54, 1.807) is 26.6 Å². The van der Waals surface area contributed by atoms with Crippen molar-refractivity contribution in [2.45, 2.75) is 184 Å². The van der Waals surface area contributed by atoms with Crippen LogP contribution in [0.2, 0.25) is 26.6 Å². The Morgan fingerprint density at radius 1 is 0.459 bits per heavy atom. The standard InChI is InChI=1S/C10H14S.6C4H9.2Sn/c1-2-3-4-5-6-10-7-8-11-9-10;6*1-3-4-2;;/h7H,2-6H2,1H3;6*1,3-4H2,2H3;;. The fourth-order valence-corrected chi connectivity index (χ4v) is 49.7. The normalized spacial score (nSPS) is 12.5. The third-order valence-corrected chi connectivity index (χ3v) is 47.0. The molecule has 0 radical (unpaired) electrons. The Bertz CT molecular complexity index is 621. The molecular weight excluding hydrogens is 678 g/mol. The molecule has 0 saturated heterocycles. The Labute approximate surface area is 247 Å². The summed E-state index contributed by atoms with van der Waals surface area (Å²) in [5, 5.41) is 0. The van der Waals surface area contributed by atoms with Gasteiger partial charge in [-0.1, -0.05) is 0 Å². The molecule has 0 aliphatic heterocycles. The molecule has 0 nitrogen and oxygen atoms in total. The van der Waals surface area contributed by atoms with Gasteiger partial charge in [0.2, 0.25) is 0 Å². The molecule has 0 amide bonds. The Morgan fingerprint density at radius 3 is 1.22 bits per heavy atom. The number of unbranched alkanes of at least 4 members (excludes halogenated alkanes) is 9. The van der Waals surface area contributed by atoms with Crippen molar-refractivity contribution in [3.63, 3.8) is 0 Å². The summed E-state index contributed by atoms with van der Waals surface area (Å²) in [5.74, 6) is 0. The van der Waals surface area contributed by atoms with Crippen LogP contribution in [-0.2, 0) is 6.42 Å². The van der Waals surface area contributed by atoms with E-state index >= 15 is 0 Å². The van der Waals surface area contributed by atoms with Crippen molar-refractivity contribution >= 4 is 53.9 Å². The van der Waals surface area contributed by atoms with Gasteiger partial charge in [0.1, 0.15) is 0 Å². The van der Waals surface area contributed by atoms with Gasteiger partial charge in [0, 0.05) is 0 Å². The zero-order valence-corrected chi connectivity index (χ0v) is 33.3. The molecule has 1 aromatic heterocycles. The Balaban J connectivity index is 3.70. The van der Waals surface area contributed by atoms with Gasteiger partial charge < -0.3 is 0 Å². The van der Waals surface area contributed by atoms with Gasteiger partial charge in [-0.05, 0) is 0 Å². The molecule has 3 heteroatoms. The number of hydrogen-bond donors (Lipinski definition) is 0. The summed E-state index contributed by atoms with van der Waals surface area (Å²) < 4.78 is 14.1. The molecule has 0 saturated carbocycles. The van der Waals surface area contributed by atoms with Crippen LogP contribution in [0.25, 0.3) is 0 Å². The second kappa shape index (κ2) is 22.0. The molecule has 0 N–H and O–H groups in total. The maximum atomic E-state index is 2.96. The van der Waals surface area contributed by atoms with Crippen LogP contribution in [0.3, 0.4) is 0 Å². The van der Waals surface area contributed by atoms with Gasteiger partial charge >= 0.3 is 250 Å². The van der Waals surface area contributed by atoms with Crippen molar-refractivity contribution in [1.82, 2.24) is 0 Å². The molecule has 0 fully saturated rings. The second-order valence-corrected chi connectivity index (χ2v) is 41.7. The molecule has 218 valence electrons. The van der Waals surface area contributed by atoms with E-state index in [-0.39, 0.29) is 0 Å². The van der Waals surface area contributed by atoms with Crippen LogP contribution in [0.1, 0.15) is 157 Å². The molecule has 0 aromatic carbocycles. The average Bonchev–Trinajstić information content (AvgIpc) is 3.36. The molecule has 1 heterocycles. The molecule has 0 unspecified atom stereocenters. The van der Waals surface area contributed by atoms with Crippen LogP contribution in [-0.4, -0.2) is 36.8 Å². The topological polar surface area (TPSA) is 0 Å². The molecule has 37 heavy (non-hydrogen) atoms. The summed E-state index contributed by atoms with van der Waals surface area (Å²) in [6, 6.07) is 2.96. The fraction of sp³-hybridized carbons (Fsp3) is 0.882. The fourth-order valence-electron chi connectivity index (χ4n) is 6.62. The first-order valence-corrected chi connectivity index (χ1v) is 32.9. The van der Waals surface area contributed by atoms with Crippen molar-refractivity contribution in [2.75, 3.05) is 0 Å². The van der Waals surface area contributed by atoms with Gasteiger partial charge in [-0.2, -0.15) is 0 Å². The SMILES string of the molecule is CCCCCCc1c[c]([Sn]([CH2]CCC)([CH2]CCC)[CH2]CCC)s[c]1[Sn]([CH2]CCC)([CH2]CCC)[CH2]CCC. The van der Waals surface area contributed by atoms with Crippen molar-refractivity contribution in [1.29, 1.82) is 0 Å². The van der Waals surface area contributed by atoms with Crippen LogP contribution in [0.15, 0.2) is 6.07 Å². The van der Waals surface area contributed by atoms with Crippen LogP contribution in [0, 0.1) is 0 Å². The van der Waals surface area contributed by atoms with E-state index in [0.717, 1.165) is 0 Å². The van der Waals surface area contributed by atoms with Crippen LogP contribution in [0.4, 0.5) is 0 Å². The van der Waals surface area contributed by atoms with Gasteiger partial charge in [-0.15, -0.1) is 0 Å². The minimum atomic E-state index is -2.42. The number of hydrogen-bond acceptors (Lipinski definition) is 1. The number of rotatable bonds is 25. The quantitative estimate of drug-likeness (QED) is 0.0691. The predicted molar refractivity (Wildman–Crippen MR) is 181 cm³/mol. The molecule has 0 bridgehead atoms. The van der Waals surface area contributed by atoms with Crippen molar-refractivity contribution in [3.05, 3.63) is 11.6 Å². The summed E-state index contributed by atoms with van der Waals surface area (Å²) >= 11 is -2.28. The monoisotopic (exact) mass is 748 g/mol. The van der Waals surface area contributed by atoms with Gasteiger partial charge in [0.05, 0.1) is 0 Å². The average molecular weight is 746 g/mol. The zero-order chi connectivity index (χ0) is 27.4. The van der Waals surface area contributed by atoms with E-state index in [9.17, 15) is 0 Å². The van der Waals surface area contributed by atoms with E-state index in [0.29, 0.717) is 0 Å². The van der Waals surface area contributed by atoms with Crippen LogP contribution >= 0.6 is 11.3 Å². The van der Waals surface area contributed by atoms with Crippen molar-refractivity contribution < 1.29 is 0 Å². The molecule has 0 spiro atoms. The summed E-state index contributed by atoms with van der Waals surface area (Å²) in [4.78, 5) is 0. The van der Waals surface area contributed by atoms with E-state index in [1.165, 1.54) is 109 Å². The van der Waals surface area contributed by atoms with E-state index < -0.39 is 36.8 Å². The minimum absolute atomic E-state index is 1.36. The maximum absolute atomic E-state index is 2.96. The van der Waals surface area contributed by atoms with Gasteiger partial charge in [-0.3, -0.25) is 0 Å². The van der Waals surface area contributed by atoms with E-state index in [4.69, 9.17) is 0 Å². The number of thiophene rings is 1. The third kappa shape index (κ3) is 12.4. The molecule has 0 aliphatic rings. The molecule has 1 aromatic rings. The number of aryl methyl sites for hydroxylation is 1. The van der Waals surface area contributed by atoms with Gasteiger partial charge in [0.15, 0.2) is 0 Å². The Hall–Kier alpha value is 1.30. The van der Waals surface area contributed by atoms with Gasteiger partial charge in [0.25, 0.3) is 0 Å². The van der Waals surface area contributed by atoms with Crippen LogP contribution < -0.4 is 5.79 Å². The second-order valence-electron chi connectivity index (χ2n) is 12.5. The third-order valence-electron chi connectivity index (χ3n) is 9.17. The first-order chi connectivity index (χ1) is 18.0. The molecule has 0 aliphatic carbocycles. The molecule has 0 atom stereocenters. The Kier molecular flexibility index (Phi) is 21.6. The first kappa shape index (κ1) is 36.3. The summed E-state index contributed by atoms with van der Waals surface area (Å²) in [7, 11) is 0. The Morgan fingerprint density at radius 2 is 0.838 bits per heavy atom. The summed E-state index contributed by atoms with van der Waals surface area (Å²) in [6.45, 7) is 17.0. The van der Waals surface area contributed by atoms with Crippen molar-refractivity contribution in [3.8, 4) is 0 Å². The van der Waals surface area contributed by atoms with E-state index in [1.807, 2.05) is 5.56 Å². The van der Waals surface area contributed by atoms with Crippen molar-refractivity contribution in [2.24, 2.45) is 0 Å².